The molecule has 0 saturated heterocycles. The summed E-state index contributed by atoms with van der Waals surface area (Å²) in [4.78, 5) is 4.58. The van der Waals surface area contributed by atoms with Crippen molar-refractivity contribution in [2.45, 2.75) is 32.8 Å². The predicted octanol–water partition coefficient (Wildman–Crippen LogP) is 4.66. The normalized spacial score (nSPS) is 11.3. The number of hydrogen-bond acceptors (Lipinski definition) is 7. The van der Waals surface area contributed by atoms with Gasteiger partial charge in [0, 0.05) is 29.9 Å². The molecule has 0 amide bonds. The Labute approximate surface area is 178 Å². The monoisotopic (exact) mass is 415 g/mol. The van der Waals surface area contributed by atoms with Gasteiger partial charge < -0.3 is 13.6 Å². The molecule has 0 aliphatic rings. The Balaban J connectivity index is 1.23. The molecule has 31 heavy (non-hydrogen) atoms. The molecule has 0 aliphatic carbocycles. The first-order valence-corrected chi connectivity index (χ1v) is 10.1. The van der Waals surface area contributed by atoms with Crippen molar-refractivity contribution in [1.82, 2.24) is 25.6 Å². The highest BCUT2D eigenvalue weighted by Crippen LogP contribution is 2.27. The number of aromatic nitrogens is 5. The van der Waals surface area contributed by atoms with Crippen molar-refractivity contribution in [1.29, 1.82) is 0 Å². The quantitative estimate of drug-likeness (QED) is 0.393. The van der Waals surface area contributed by atoms with Gasteiger partial charge in [-0.3, -0.25) is 0 Å². The topological polar surface area (TPSA) is 103 Å². The van der Waals surface area contributed by atoms with Gasteiger partial charge in [0.15, 0.2) is 5.82 Å². The maximum atomic E-state index is 5.99. The summed E-state index contributed by atoms with van der Waals surface area (Å²) in [5.41, 5.74) is 2.52. The lowest BCUT2D eigenvalue weighted by Gasteiger charge is -2.04. The molecular weight excluding hydrogens is 394 g/mol. The molecule has 0 bridgehead atoms. The van der Waals surface area contributed by atoms with Crippen LogP contribution in [0.2, 0.25) is 0 Å². The van der Waals surface area contributed by atoms with E-state index in [0.29, 0.717) is 18.3 Å². The molecular formula is C23H21N5O3. The van der Waals surface area contributed by atoms with Crippen molar-refractivity contribution < 1.29 is 13.6 Å². The summed E-state index contributed by atoms with van der Waals surface area (Å²) in [6.45, 7) is 2.22. The zero-order valence-electron chi connectivity index (χ0n) is 17.0. The van der Waals surface area contributed by atoms with E-state index >= 15 is 0 Å². The van der Waals surface area contributed by atoms with Gasteiger partial charge in [0.25, 0.3) is 0 Å². The van der Waals surface area contributed by atoms with Crippen molar-refractivity contribution in [3.05, 3.63) is 77.6 Å². The summed E-state index contributed by atoms with van der Waals surface area (Å²) in [7, 11) is 0. The molecule has 8 heteroatoms. The second kappa shape index (κ2) is 8.43. The fourth-order valence-corrected chi connectivity index (χ4v) is 3.41. The second-order valence-electron chi connectivity index (χ2n) is 7.27. The summed E-state index contributed by atoms with van der Waals surface area (Å²) in [6, 6.07) is 17.7. The zero-order chi connectivity index (χ0) is 21.0. The van der Waals surface area contributed by atoms with Gasteiger partial charge in [-0.15, -0.1) is 10.2 Å². The number of ether oxygens (including phenoxy) is 1. The van der Waals surface area contributed by atoms with Crippen LogP contribution in [0.15, 0.2) is 63.4 Å². The Morgan fingerprint density at radius 1 is 1.00 bits per heavy atom. The first-order chi connectivity index (χ1) is 15.2. The van der Waals surface area contributed by atoms with Gasteiger partial charge >= 0.3 is 0 Å². The molecule has 0 aliphatic heterocycles. The van der Waals surface area contributed by atoms with Crippen LogP contribution in [-0.4, -0.2) is 25.6 Å². The van der Waals surface area contributed by atoms with Gasteiger partial charge in [0.1, 0.15) is 35.2 Å². The Morgan fingerprint density at radius 2 is 1.90 bits per heavy atom. The average Bonchev–Trinajstić information content (AvgIpc) is 3.53. The molecule has 0 spiro atoms. The Kier molecular flexibility index (Phi) is 5.18. The van der Waals surface area contributed by atoms with E-state index in [1.807, 2.05) is 55.5 Å². The van der Waals surface area contributed by atoms with E-state index in [-0.39, 0.29) is 0 Å². The van der Waals surface area contributed by atoms with Crippen LogP contribution in [0.4, 0.5) is 0 Å². The van der Waals surface area contributed by atoms with E-state index in [1.54, 1.807) is 0 Å². The molecule has 5 aromatic rings. The first kappa shape index (κ1) is 19.0. The van der Waals surface area contributed by atoms with Gasteiger partial charge in [0.05, 0.1) is 0 Å². The minimum Gasteiger partial charge on any atom is -0.487 e. The second-order valence-corrected chi connectivity index (χ2v) is 7.27. The van der Waals surface area contributed by atoms with E-state index < -0.39 is 0 Å². The Morgan fingerprint density at radius 3 is 2.74 bits per heavy atom. The molecule has 8 nitrogen and oxygen atoms in total. The van der Waals surface area contributed by atoms with Crippen LogP contribution >= 0.6 is 0 Å². The molecule has 2 aromatic carbocycles. The van der Waals surface area contributed by atoms with Gasteiger partial charge in [0.2, 0.25) is 5.89 Å². The molecule has 3 aromatic heterocycles. The summed E-state index contributed by atoms with van der Waals surface area (Å²) in [5.74, 6) is 3.72. The summed E-state index contributed by atoms with van der Waals surface area (Å²) >= 11 is 0. The lowest BCUT2D eigenvalue weighted by atomic mass is 10.2. The lowest BCUT2D eigenvalue weighted by Crippen LogP contribution is -1.97. The van der Waals surface area contributed by atoms with E-state index in [4.69, 9.17) is 13.6 Å². The van der Waals surface area contributed by atoms with Crippen molar-refractivity contribution in [3.63, 3.8) is 0 Å². The van der Waals surface area contributed by atoms with Crippen molar-refractivity contribution in [2.75, 3.05) is 0 Å². The Bertz CT molecular complexity index is 1280. The highest BCUT2D eigenvalue weighted by Gasteiger charge is 2.12. The number of nitrogens with one attached hydrogen (secondary N) is 1. The number of fused-ring (bicyclic) bond motifs is 1. The molecule has 1 N–H and O–H groups in total. The third-order valence-electron chi connectivity index (χ3n) is 5.04. The SMILES string of the molecule is Cc1oc(-c2ccccc2)nc1COc1ccc2cc(CCCc3nn[nH]n3)oc2c1. The number of benzene rings is 2. The summed E-state index contributed by atoms with van der Waals surface area (Å²) in [6.07, 6.45) is 2.45. The maximum Gasteiger partial charge on any atom is 0.226 e. The maximum absolute atomic E-state index is 5.99. The summed E-state index contributed by atoms with van der Waals surface area (Å²) < 4.78 is 17.8. The third kappa shape index (κ3) is 4.32. The Hall–Kier alpha value is -3.94. The average molecular weight is 415 g/mol. The van der Waals surface area contributed by atoms with E-state index in [1.165, 1.54) is 0 Å². The van der Waals surface area contributed by atoms with Crippen LogP contribution in [0.25, 0.3) is 22.4 Å². The van der Waals surface area contributed by atoms with Crippen LogP contribution in [0.5, 0.6) is 5.75 Å². The van der Waals surface area contributed by atoms with E-state index in [2.05, 4.69) is 31.7 Å². The van der Waals surface area contributed by atoms with Crippen molar-refractivity contribution in [2.24, 2.45) is 0 Å². The van der Waals surface area contributed by atoms with Crippen LogP contribution in [0, 0.1) is 6.92 Å². The van der Waals surface area contributed by atoms with E-state index in [9.17, 15) is 0 Å². The largest absolute Gasteiger partial charge is 0.487 e. The first-order valence-electron chi connectivity index (χ1n) is 10.1. The van der Waals surface area contributed by atoms with Crippen LogP contribution in [-0.2, 0) is 19.4 Å². The zero-order valence-corrected chi connectivity index (χ0v) is 17.0. The smallest absolute Gasteiger partial charge is 0.226 e. The fourth-order valence-electron chi connectivity index (χ4n) is 3.41. The number of aryl methyl sites for hydroxylation is 3. The summed E-state index contributed by atoms with van der Waals surface area (Å²) in [5, 5.41) is 15.0. The molecule has 0 radical (unpaired) electrons. The number of furan rings is 1. The number of aromatic amines is 1. The highest BCUT2D eigenvalue weighted by atomic mass is 16.5. The highest BCUT2D eigenvalue weighted by molar-refractivity contribution is 5.79. The predicted molar refractivity (Wildman–Crippen MR) is 113 cm³/mol. The van der Waals surface area contributed by atoms with Gasteiger partial charge in [-0.1, -0.05) is 23.4 Å². The third-order valence-corrected chi connectivity index (χ3v) is 5.04. The minimum absolute atomic E-state index is 0.325. The van der Waals surface area contributed by atoms with Crippen molar-refractivity contribution >= 4 is 11.0 Å². The molecule has 0 unspecified atom stereocenters. The molecule has 156 valence electrons. The molecule has 0 atom stereocenters. The van der Waals surface area contributed by atoms with Crippen molar-refractivity contribution in [3.8, 4) is 17.2 Å². The molecule has 0 fully saturated rings. The van der Waals surface area contributed by atoms with Gasteiger partial charge in [-0.25, -0.2) is 4.98 Å². The number of rotatable bonds is 8. The van der Waals surface area contributed by atoms with Crippen LogP contribution < -0.4 is 4.74 Å². The van der Waals surface area contributed by atoms with Crippen LogP contribution in [0.3, 0.4) is 0 Å². The number of tetrazole rings is 1. The van der Waals surface area contributed by atoms with Gasteiger partial charge in [-0.05, 0) is 43.7 Å². The number of H-pyrrole nitrogens is 1. The van der Waals surface area contributed by atoms with Crippen LogP contribution in [0.1, 0.15) is 29.5 Å². The fraction of sp³-hybridized carbons (Fsp3) is 0.217. The minimum atomic E-state index is 0.325. The number of nitrogens with zero attached hydrogens (tertiary/aromatic N) is 4. The number of hydrogen-bond donors (Lipinski definition) is 1. The number of oxazole rings is 1. The molecule has 0 saturated carbocycles. The molecule has 3 heterocycles. The van der Waals surface area contributed by atoms with E-state index in [0.717, 1.165) is 58.8 Å². The lowest BCUT2D eigenvalue weighted by molar-refractivity contribution is 0.299. The standard InChI is InChI=1S/C23H21N5O3/c1-15-20(24-23(30-15)16-6-3-2-4-7-16)14-29-18-11-10-17-12-19(31-21(17)13-18)8-5-9-22-25-27-28-26-22/h2-4,6-7,10-13H,5,8-9,14H2,1H3,(H,25,26,27,28). The van der Waals surface area contributed by atoms with Gasteiger partial charge in [-0.2, -0.15) is 5.21 Å². The molecule has 5 rings (SSSR count).